The second-order valence-corrected chi connectivity index (χ2v) is 3.87. The molecule has 2 rings (SSSR count). The molecule has 0 aromatic heterocycles. The molecule has 1 N–H and O–H groups in total. The van der Waals surface area contributed by atoms with Gasteiger partial charge in [-0.1, -0.05) is 42.5 Å². The minimum Gasteiger partial charge on any atom is -0.323 e. The zero-order valence-corrected chi connectivity index (χ0v) is 9.60. The van der Waals surface area contributed by atoms with Gasteiger partial charge in [-0.05, 0) is 30.6 Å². The fourth-order valence-corrected chi connectivity index (χ4v) is 1.63. The van der Waals surface area contributed by atoms with E-state index in [0.29, 0.717) is 0 Å². The van der Waals surface area contributed by atoms with E-state index in [2.05, 4.69) is 11.4 Å². The summed E-state index contributed by atoms with van der Waals surface area (Å²) in [5.74, 6) is -0.0911. The molecule has 1 aromatic carbocycles. The molecular formula is C15H15NO. The second kappa shape index (κ2) is 5.85. The molecule has 0 bridgehead atoms. The molecule has 0 unspecified atom stereocenters. The van der Waals surface area contributed by atoms with Crippen molar-refractivity contribution in [1.82, 2.24) is 5.32 Å². The van der Waals surface area contributed by atoms with Crippen LogP contribution < -0.4 is 5.32 Å². The molecule has 0 atom stereocenters. The third-order valence-corrected chi connectivity index (χ3v) is 2.49. The maximum atomic E-state index is 11.6. The number of carbonyl (C=O) groups is 1. The standard InChI is InChI=1S/C15H15NO/c17-15(16-14-9-5-2-6-10-14)12-11-13-7-3-1-4-8-13/h1,3-5,7-12H,2,6H2,(H,16,17)/b12-11+. The lowest BCUT2D eigenvalue weighted by atomic mass is 10.1. The molecule has 1 amide bonds. The molecular weight excluding hydrogens is 210 g/mol. The Balaban J connectivity index is 1.91. The summed E-state index contributed by atoms with van der Waals surface area (Å²) in [7, 11) is 0. The first kappa shape index (κ1) is 11.4. The number of hydrogen-bond donors (Lipinski definition) is 1. The molecule has 0 spiro atoms. The van der Waals surface area contributed by atoms with Gasteiger partial charge in [0.15, 0.2) is 0 Å². The van der Waals surface area contributed by atoms with Crippen LogP contribution in [0.5, 0.6) is 0 Å². The van der Waals surface area contributed by atoms with Gasteiger partial charge in [0.05, 0.1) is 0 Å². The number of nitrogens with one attached hydrogen (secondary N) is 1. The van der Waals surface area contributed by atoms with E-state index in [9.17, 15) is 4.79 Å². The summed E-state index contributed by atoms with van der Waals surface area (Å²) in [6, 6.07) is 9.77. The Bertz CT molecular complexity index is 469. The third kappa shape index (κ3) is 3.76. The number of allylic oxidation sites excluding steroid dienone is 3. The van der Waals surface area contributed by atoms with Crippen LogP contribution in [0.2, 0.25) is 0 Å². The maximum Gasteiger partial charge on any atom is 0.248 e. The molecule has 0 aliphatic heterocycles. The largest absolute Gasteiger partial charge is 0.323 e. The Morgan fingerprint density at radius 1 is 1.18 bits per heavy atom. The van der Waals surface area contributed by atoms with Crippen molar-refractivity contribution < 1.29 is 4.79 Å². The van der Waals surface area contributed by atoms with E-state index >= 15 is 0 Å². The van der Waals surface area contributed by atoms with Crippen LogP contribution >= 0.6 is 0 Å². The molecule has 0 fully saturated rings. The van der Waals surface area contributed by atoms with Gasteiger partial charge in [-0.3, -0.25) is 4.79 Å². The van der Waals surface area contributed by atoms with E-state index in [1.165, 1.54) is 0 Å². The average molecular weight is 225 g/mol. The van der Waals surface area contributed by atoms with E-state index in [-0.39, 0.29) is 5.91 Å². The minimum atomic E-state index is -0.0911. The number of rotatable bonds is 3. The van der Waals surface area contributed by atoms with E-state index in [1.807, 2.05) is 48.6 Å². The summed E-state index contributed by atoms with van der Waals surface area (Å²) in [5.41, 5.74) is 1.91. The predicted octanol–water partition coefficient (Wildman–Crippen LogP) is 3.05. The fourth-order valence-electron chi connectivity index (χ4n) is 1.63. The lowest BCUT2D eigenvalue weighted by molar-refractivity contribution is -0.115. The quantitative estimate of drug-likeness (QED) is 0.787. The van der Waals surface area contributed by atoms with Crippen LogP contribution in [0.25, 0.3) is 6.08 Å². The Labute approximate surface area is 101 Å². The molecule has 0 saturated heterocycles. The minimum absolute atomic E-state index is 0.0911. The van der Waals surface area contributed by atoms with Crippen molar-refractivity contribution >= 4 is 12.0 Å². The van der Waals surface area contributed by atoms with Gasteiger partial charge in [-0.2, -0.15) is 0 Å². The highest BCUT2D eigenvalue weighted by Gasteiger charge is 2.00. The first-order valence-corrected chi connectivity index (χ1v) is 5.75. The van der Waals surface area contributed by atoms with Crippen molar-refractivity contribution in [2.75, 3.05) is 0 Å². The normalized spacial score (nSPS) is 14.7. The monoisotopic (exact) mass is 225 g/mol. The summed E-state index contributed by atoms with van der Waals surface area (Å²) in [4.78, 5) is 11.6. The van der Waals surface area contributed by atoms with Gasteiger partial charge in [0.2, 0.25) is 5.91 Å². The van der Waals surface area contributed by atoms with E-state index < -0.39 is 0 Å². The highest BCUT2D eigenvalue weighted by molar-refractivity contribution is 5.93. The van der Waals surface area contributed by atoms with E-state index in [1.54, 1.807) is 6.08 Å². The zero-order chi connectivity index (χ0) is 11.9. The molecule has 1 aromatic rings. The summed E-state index contributed by atoms with van der Waals surface area (Å²) in [6.07, 6.45) is 11.5. The third-order valence-electron chi connectivity index (χ3n) is 2.49. The van der Waals surface area contributed by atoms with Gasteiger partial charge in [-0.25, -0.2) is 0 Å². The lowest BCUT2D eigenvalue weighted by Gasteiger charge is -2.06. The van der Waals surface area contributed by atoms with Gasteiger partial charge in [0, 0.05) is 11.8 Å². The van der Waals surface area contributed by atoms with Crippen LogP contribution in [0.15, 0.2) is 60.3 Å². The number of carbonyl (C=O) groups excluding carboxylic acids is 1. The number of benzene rings is 1. The molecule has 1 aliphatic rings. The zero-order valence-electron chi connectivity index (χ0n) is 9.60. The smallest absolute Gasteiger partial charge is 0.248 e. The Hall–Kier alpha value is -2.09. The van der Waals surface area contributed by atoms with Crippen molar-refractivity contribution in [1.29, 1.82) is 0 Å². The topological polar surface area (TPSA) is 29.1 Å². The van der Waals surface area contributed by atoms with Gasteiger partial charge in [-0.15, -0.1) is 0 Å². The molecule has 2 heteroatoms. The van der Waals surface area contributed by atoms with Crippen LogP contribution in [-0.2, 0) is 4.79 Å². The van der Waals surface area contributed by atoms with Crippen LogP contribution in [-0.4, -0.2) is 5.91 Å². The van der Waals surface area contributed by atoms with Crippen LogP contribution in [0.1, 0.15) is 18.4 Å². The molecule has 86 valence electrons. The summed E-state index contributed by atoms with van der Waals surface area (Å²) in [5, 5.41) is 2.84. The second-order valence-electron chi connectivity index (χ2n) is 3.87. The molecule has 17 heavy (non-hydrogen) atoms. The fraction of sp³-hybridized carbons (Fsp3) is 0.133. The predicted molar refractivity (Wildman–Crippen MR) is 70.1 cm³/mol. The van der Waals surface area contributed by atoms with Crippen LogP contribution in [0, 0.1) is 0 Å². The van der Waals surface area contributed by atoms with E-state index in [0.717, 1.165) is 24.1 Å². The van der Waals surface area contributed by atoms with Crippen LogP contribution in [0.3, 0.4) is 0 Å². The SMILES string of the molecule is O=C(/C=C/c1ccccc1)NC1=CCCC=C1. The number of hydrogen-bond acceptors (Lipinski definition) is 1. The molecule has 1 aliphatic carbocycles. The Morgan fingerprint density at radius 2 is 2.00 bits per heavy atom. The summed E-state index contributed by atoms with van der Waals surface area (Å²) >= 11 is 0. The van der Waals surface area contributed by atoms with E-state index in [4.69, 9.17) is 0 Å². The van der Waals surface area contributed by atoms with Crippen molar-refractivity contribution in [2.24, 2.45) is 0 Å². The Morgan fingerprint density at radius 3 is 2.71 bits per heavy atom. The highest BCUT2D eigenvalue weighted by atomic mass is 16.1. The van der Waals surface area contributed by atoms with Gasteiger partial charge in [0.25, 0.3) is 0 Å². The summed E-state index contributed by atoms with van der Waals surface area (Å²) in [6.45, 7) is 0. The van der Waals surface area contributed by atoms with Gasteiger partial charge in [0.1, 0.15) is 0 Å². The van der Waals surface area contributed by atoms with Gasteiger partial charge < -0.3 is 5.32 Å². The first-order chi connectivity index (χ1) is 8.34. The highest BCUT2D eigenvalue weighted by Crippen LogP contribution is 2.07. The first-order valence-electron chi connectivity index (χ1n) is 5.75. The van der Waals surface area contributed by atoms with Crippen molar-refractivity contribution in [2.45, 2.75) is 12.8 Å². The number of amides is 1. The Kier molecular flexibility index (Phi) is 3.92. The molecule has 0 radical (unpaired) electrons. The molecule has 0 saturated carbocycles. The van der Waals surface area contributed by atoms with Crippen molar-refractivity contribution in [3.05, 3.63) is 65.9 Å². The summed E-state index contributed by atoms with van der Waals surface area (Å²) < 4.78 is 0. The van der Waals surface area contributed by atoms with Gasteiger partial charge >= 0.3 is 0 Å². The average Bonchev–Trinajstić information content (AvgIpc) is 2.39. The molecule has 2 nitrogen and oxygen atoms in total. The van der Waals surface area contributed by atoms with Crippen LogP contribution in [0.4, 0.5) is 0 Å². The lowest BCUT2D eigenvalue weighted by Crippen LogP contribution is -2.19. The maximum absolute atomic E-state index is 11.6. The van der Waals surface area contributed by atoms with Crippen molar-refractivity contribution in [3.63, 3.8) is 0 Å². The van der Waals surface area contributed by atoms with Crippen molar-refractivity contribution in [3.8, 4) is 0 Å². The molecule has 0 heterocycles.